The maximum atomic E-state index is 9.97. The second-order valence-corrected chi connectivity index (χ2v) is 6.49. The SMILES string of the molecule is N#CC(CN1CCCCCC1)(NC1CC1)c1ccccc1. The van der Waals surface area contributed by atoms with Crippen LogP contribution in [0.2, 0.25) is 0 Å². The molecule has 1 heterocycles. The van der Waals surface area contributed by atoms with Crippen LogP contribution in [0.5, 0.6) is 0 Å². The molecule has 1 saturated heterocycles. The summed E-state index contributed by atoms with van der Waals surface area (Å²) in [4.78, 5) is 2.48. The van der Waals surface area contributed by atoms with Crippen molar-refractivity contribution in [2.75, 3.05) is 19.6 Å². The quantitative estimate of drug-likeness (QED) is 0.903. The van der Waals surface area contributed by atoms with Crippen LogP contribution < -0.4 is 5.32 Å². The minimum atomic E-state index is -0.549. The Bertz CT molecular complexity index is 481. The van der Waals surface area contributed by atoms with Gasteiger partial charge in [0.25, 0.3) is 0 Å². The summed E-state index contributed by atoms with van der Waals surface area (Å²) in [5.41, 5.74) is 0.566. The van der Waals surface area contributed by atoms with Crippen molar-refractivity contribution in [1.29, 1.82) is 5.26 Å². The first-order chi connectivity index (χ1) is 10.3. The molecule has 0 aromatic heterocycles. The molecule has 0 amide bonds. The third-order valence-corrected chi connectivity index (χ3v) is 4.64. The zero-order chi connectivity index (χ0) is 14.5. The molecule has 1 aliphatic heterocycles. The summed E-state index contributed by atoms with van der Waals surface area (Å²) in [6, 6.07) is 13.4. The average Bonchev–Trinajstić information content (AvgIpc) is 3.35. The molecule has 21 heavy (non-hydrogen) atoms. The van der Waals surface area contributed by atoms with Crippen LogP contribution >= 0.6 is 0 Å². The number of likely N-dealkylation sites (tertiary alicyclic amines) is 1. The fourth-order valence-corrected chi connectivity index (χ4v) is 3.28. The fourth-order valence-electron chi connectivity index (χ4n) is 3.28. The van der Waals surface area contributed by atoms with E-state index >= 15 is 0 Å². The van der Waals surface area contributed by atoms with Gasteiger partial charge in [-0.1, -0.05) is 43.2 Å². The molecule has 0 spiro atoms. The van der Waals surface area contributed by atoms with Crippen molar-refractivity contribution in [2.24, 2.45) is 0 Å². The standard InChI is InChI=1S/C18H25N3/c19-14-18(20-17-10-11-17,16-8-4-3-5-9-16)15-21-12-6-1-2-7-13-21/h3-5,8-9,17,20H,1-2,6-7,10-13,15H2. The van der Waals surface area contributed by atoms with Crippen LogP contribution in [0, 0.1) is 11.3 Å². The highest BCUT2D eigenvalue weighted by Crippen LogP contribution is 2.30. The van der Waals surface area contributed by atoms with Gasteiger partial charge in [-0.25, -0.2) is 0 Å². The average molecular weight is 283 g/mol. The molecule has 1 N–H and O–H groups in total. The Hall–Kier alpha value is -1.37. The summed E-state index contributed by atoms with van der Waals surface area (Å²) < 4.78 is 0. The van der Waals surface area contributed by atoms with Gasteiger partial charge in [-0.2, -0.15) is 5.26 Å². The van der Waals surface area contributed by atoms with Crippen LogP contribution in [0.3, 0.4) is 0 Å². The van der Waals surface area contributed by atoms with Gasteiger partial charge in [0.2, 0.25) is 0 Å². The highest BCUT2D eigenvalue weighted by molar-refractivity contribution is 5.33. The third-order valence-electron chi connectivity index (χ3n) is 4.64. The van der Waals surface area contributed by atoms with Gasteiger partial charge in [0.05, 0.1) is 6.07 Å². The second kappa shape index (κ2) is 6.60. The Labute approximate surface area is 128 Å². The highest BCUT2D eigenvalue weighted by Gasteiger charge is 2.39. The number of nitrogens with one attached hydrogen (secondary N) is 1. The van der Waals surface area contributed by atoms with Crippen LogP contribution in [0.25, 0.3) is 0 Å². The molecule has 0 bridgehead atoms. The van der Waals surface area contributed by atoms with E-state index in [9.17, 15) is 5.26 Å². The van der Waals surface area contributed by atoms with Crippen LogP contribution in [0.4, 0.5) is 0 Å². The minimum Gasteiger partial charge on any atom is -0.300 e. The molecule has 1 aliphatic carbocycles. The van der Waals surface area contributed by atoms with Gasteiger partial charge >= 0.3 is 0 Å². The van der Waals surface area contributed by atoms with E-state index in [2.05, 4.69) is 28.4 Å². The molecular weight excluding hydrogens is 258 g/mol. The van der Waals surface area contributed by atoms with Crippen molar-refractivity contribution in [3.05, 3.63) is 35.9 Å². The van der Waals surface area contributed by atoms with Gasteiger partial charge in [0.15, 0.2) is 0 Å². The molecule has 1 saturated carbocycles. The molecule has 2 fully saturated rings. The van der Waals surface area contributed by atoms with Crippen molar-refractivity contribution in [2.45, 2.75) is 50.1 Å². The van der Waals surface area contributed by atoms with Gasteiger partial charge in [-0.05, 0) is 44.3 Å². The van der Waals surface area contributed by atoms with E-state index < -0.39 is 5.54 Å². The van der Waals surface area contributed by atoms with E-state index in [1.165, 1.54) is 38.5 Å². The molecule has 3 heteroatoms. The largest absolute Gasteiger partial charge is 0.300 e. The normalized spacial score (nSPS) is 23.0. The maximum absolute atomic E-state index is 9.97. The molecule has 1 unspecified atom stereocenters. The molecule has 1 aromatic carbocycles. The second-order valence-electron chi connectivity index (χ2n) is 6.49. The molecule has 3 rings (SSSR count). The number of hydrogen-bond acceptors (Lipinski definition) is 3. The van der Waals surface area contributed by atoms with E-state index in [0.29, 0.717) is 6.04 Å². The number of nitriles is 1. The van der Waals surface area contributed by atoms with Gasteiger partial charge in [-0.15, -0.1) is 0 Å². The first kappa shape index (κ1) is 14.6. The van der Waals surface area contributed by atoms with E-state index in [0.717, 1.165) is 25.2 Å². The molecule has 1 atom stereocenters. The van der Waals surface area contributed by atoms with E-state index in [1.54, 1.807) is 0 Å². The van der Waals surface area contributed by atoms with Gasteiger partial charge < -0.3 is 4.90 Å². The van der Waals surface area contributed by atoms with Crippen LogP contribution in [0.15, 0.2) is 30.3 Å². The first-order valence-electron chi connectivity index (χ1n) is 8.29. The number of rotatable bonds is 5. The molecule has 112 valence electrons. The third kappa shape index (κ3) is 3.64. The molecule has 3 nitrogen and oxygen atoms in total. The zero-order valence-electron chi connectivity index (χ0n) is 12.7. The Balaban J connectivity index is 1.82. The summed E-state index contributed by atoms with van der Waals surface area (Å²) in [7, 11) is 0. The van der Waals surface area contributed by atoms with Gasteiger partial charge in [0, 0.05) is 12.6 Å². The number of benzene rings is 1. The van der Waals surface area contributed by atoms with Crippen molar-refractivity contribution in [1.82, 2.24) is 10.2 Å². The Morgan fingerprint density at radius 3 is 2.33 bits per heavy atom. The topological polar surface area (TPSA) is 39.1 Å². The monoisotopic (exact) mass is 283 g/mol. The first-order valence-corrected chi connectivity index (χ1v) is 8.29. The van der Waals surface area contributed by atoms with Crippen LogP contribution in [0.1, 0.15) is 44.1 Å². The smallest absolute Gasteiger partial charge is 0.145 e. The van der Waals surface area contributed by atoms with Crippen LogP contribution in [-0.2, 0) is 5.54 Å². The molecule has 2 aliphatic rings. The molecule has 0 radical (unpaired) electrons. The van der Waals surface area contributed by atoms with Crippen molar-refractivity contribution >= 4 is 0 Å². The Morgan fingerprint density at radius 2 is 1.76 bits per heavy atom. The maximum Gasteiger partial charge on any atom is 0.145 e. The minimum absolute atomic E-state index is 0.525. The van der Waals surface area contributed by atoms with E-state index in [1.807, 2.05) is 18.2 Å². The van der Waals surface area contributed by atoms with Crippen molar-refractivity contribution in [3.8, 4) is 6.07 Å². The molecule has 1 aromatic rings. The predicted octanol–water partition coefficient (Wildman–Crippen LogP) is 3.03. The lowest BCUT2D eigenvalue weighted by molar-refractivity contribution is 0.216. The van der Waals surface area contributed by atoms with Crippen molar-refractivity contribution in [3.63, 3.8) is 0 Å². The van der Waals surface area contributed by atoms with E-state index in [-0.39, 0.29) is 0 Å². The lowest BCUT2D eigenvalue weighted by atomic mass is 9.90. The summed E-state index contributed by atoms with van der Waals surface area (Å²) >= 11 is 0. The Kier molecular flexibility index (Phi) is 4.57. The predicted molar refractivity (Wildman–Crippen MR) is 84.8 cm³/mol. The summed E-state index contributed by atoms with van der Waals surface area (Å²) in [5, 5.41) is 13.6. The lowest BCUT2D eigenvalue weighted by Gasteiger charge is -2.34. The van der Waals surface area contributed by atoms with Crippen molar-refractivity contribution < 1.29 is 0 Å². The summed E-state index contributed by atoms with van der Waals surface area (Å²) in [6.45, 7) is 3.06. The zero-order valence-corrected chi connectivity index (χ0v) is 12.7. The fraction of sp³-hybridized carbons (Fsp3) is 0.611. The van der Waals surface area contributed by atoms with Gasteiger partial charge in [0.1, 0.15) is 5.54 Å². The number of hydrogen-bond donors (Lipinski definition) is 1. The molecular formula is C18H25N3. The van der Waals surface area contributed by atoms with Crippen LogP contribution in [-0.4, -0.2) is 30.6 Å². The summed E-state index contributed by atoms with van der Waals surface area (Å²) in [6.07, 6.45) is 7.60. The summed E-state index contributed by atoms with van der Waals surface area (Å²) in [5.74, 6) is 0. The van der Waals surface area contributed by atoms with E-state index in [4.69, 9.17) is 0 Å². The lowest BCUT2D eigenvalue weighted by Crippen LogP contribution is -2.51. The Morgan fingerprint density at radius 1 is 1.10 bits per heavy atom. The van der Waals surface area contributed by atoms with Gasteiger partial charge in [-0.3, -0.25) is 5.32 Å². The highest BCUT2D eigenvalue weighted by atomic mass is 15.2. The number of nitrogens with zero attached hydrogens (tertiary/aromatic N) is 2.